The first-order valence-corrected chi connectivity index (χ1v) is 10.7. The van der Waals surface area contributed by atoms with Crippen LogP contribution in [0, 0.1) is 18.6 Å². The number of ether oxygens (including phenoxy) is 1. The summed E-state index contributed by atoms with van der Waals surface area (Å²) in [4.78, 5) is 36.6. The maximum atomic E-state index is 14.5. The Bertz CT molecular complexity index is 1430. The summed E-state index contributed by atoms with van der Waals surface area (Å²) in [6.07, 6.45) is 1.60. The van der Waals surface area contributed by atoms with Crippen LogP contribution in [0.1, 0.15) is 5.82 Å². The second-order valence-electron chi connectivity index (χ2n) is 7.70. The number of pyridine rings is 2. The lowest BCUT2D eigenvalue weighted by molar-refractivity contribution is 0.122. The number of benzene rings is 1. The van der Waals surface area contributed by atoms with E-state index in [0.29, 0.717) is 43.5 Å². The largest absolute Gasteiger partial charge is 0.378 e. The summed E-state index contributed by atoms with van der Waals surface area (Å²) in [7, 11) is 1.60. The molecule has 1 saturated heterocycles. The van der Waals surface area contributed by atoms with Crippen LogP contribution in [0.3, 0.4) is 0 Å². The molecule has 0 bridgehead atoms. The monoisotopic (exact) mass is 467 g/mol. The Labute approximate surface area is 193 Å². The summed E-state index contributed by atoms with van der Waals surface area (Å²) in [6, 6.07) is 9.91. The molecule has 1 aromatic carbocycles. The molecule has 8 nitrogen and oxygen atoms in total. The van der Waals surface area contributed by atoms with Crippen molar-refractivity contribution < 1.29 is 13.5 Å². The summed E-state index contributed by atoms with van der Waals surface area (Å²) >= 11 is 0. The number of nitrogens with zero attached hydrogens (tertiary/aromatic N) is 4. The lowest BCUT2D eigenvalue weighted by atomic mass is 10.1. The number of halogens is 2. The molecule has 1 aliphatic rings. The Morgan fingerprint density at radius 3 is 2.41 bits per heavy atom. The van der Waals surface area contributed by atoms with Crippen molar-refractivity contribution in [3.05, 3.63) is 86.8 Å². The number of fused-ring (bicyclic) bond motifs is 1. The zero-order valence-electron chi connectivity index (χ0n) is 18.7. The molecule has 0 saturated carbocycles. The second-order valence-corrected chi connectivity index (χ2v) is 7.70. The number of rotatable bonds is 2. The van der Waals surface area contributed by atoms with E-state index in [4.69, 9.17) is 4.74 Å². The number of anilines is 1. The van der Waals surface area contributed by atoms with E-state index < -0.39 is 11.6 Å². The normalized spacial score (nSPS) is 13.5. The zero-order valence-corrected chi connectivity index (χ0v) is 18.7. The van der Waals surface area contributed by atoms with Gasteiger partial charge in [0, 0.05) is 50.1 Å². The van der Waals surface area contributed by atoms with E-state index in [1.807, 2.05) is 4.90 Å². The van der Waals surface area contributed by atoms with Gasteiger partial charge in [0.1, 0.15) is 23.3 Å². The number of hydrogen-bond acceptors (Lipinski definition) is 6. The molecular formula is C24H23F2N5O3. The quantitative estimate of drug-likeness (QED) is 0.487. The molecule has 0 spiro atoms. The molecule has 0 amide bonds. The highest BCUT2D eigenvalue weighted by molar-refractivity contribution is 5.93. The molecule has 4 heterocycles. The SMILES string of the molecule is Cc1nc2cc(N3CCOCC3)nc(-c3ccc(F)cc3F)c2c(=O)n1C.O=c1cccc[nH]1. The molecule has 5 rings (SSSR count). The highest BCUT2D eigenvalue weighted by atomic mass is 19.1. The first-order valence-electron chi connectivity index (χ1n) is 10.7. The predicted molar refractivity (Wildman–Crippen MR) is 125 cm³/mol. The van der Waals surface area contributed by atoms with Gasteiger partial charge in [-0.25, -0.2) is 18.7 Å². The molecule has 10 heteroatoms. The minimum atomic E-state index is -0.773. The first kappa shape index (κ1) is 23.2. The van der Waals surface area contributed by atoms with Crippen molar-refractivity contribution >= 4 is 16.7 Å². The summed E-state index contributed by atoms with van der Waals surface area (Å²) in [5.41, 5.74) is 0.296. The molecule has 4 aromatic rings. The second kappa shape index (κ2) is 9.92. The van der Waals surface area contributed by atoms with Gasteiger partial charge < -0.3 is 14.6 Å². The fraction of sp³-hybridized carbons (Fsp3) is 0.250. The van der Waals surface area contributed by atoms with E-state index in [2.05, 4.69) is 15.0 Å². The predicted octanol–water partition coefficient (Wildman–Crippen LogP) is 2.79. The van der Waals surface area contributed by atoms with Crippen molar-refractivity contribution in [1.29, 1.82) is 0 Å². The maximum absolute atomic E-state index is 14.5. The highest BCUT2D eigenvalue weighted by Crippen LogP contribution is 2.30. The Morgan fingerprint density at radius 1 is 1.03 bits per heavy atom. The van der Waals surface area contributed by atoms with Gasteiger partial charge in [-0.15, -0.1) is 0 Å². The lowest BCUT2D eigenvalue weighted by Crippen LogP contribution is -2.37. The molecule has 0 aliphatic carbocycles. The number of morpholine rings is 1. The standard InChI is InChI=1S/C19H18F2N4O2.C5H5NO/c1-11-22-15-10-16(25-5-7-27-8-6-25)23-18(17(15)19(26)24(11)2)13-4-3-12(20)9-14(13)21;7-5-3-1-2-4-6-5/h3-4,9-10H,5-8H2,1-2H3;1-4H,(H,6,7). The molecule has 1 fully saturated rings. The van der Waals surface area contributed by atoms with E-state index >= 15 is 0 Å². The topological polar surface area (TPSA) is 93.1 Å². The molecule has 176 valence electrons. The average Bonchev–Trinajstić information content (AvgIpc) is 2.83. The third-order valence-corrected chi connectivity index (χ3v) is 5.47. The van der Waals surface area contributed by atoms with E-state index in [-0.39, 0.29) is 27.8 Å². The molecule has 0 unspecified atom stereocenters. The first-order chi connectivity index (χ1) is 16.3. The Hall–Kier alpha value is -3.92. The number of hydrogen-bond donors (Lipinski definition) is 1. The summed E-state index contributed by atoms with van der Waals surface area (Å²) in [6.45, 7) is 4.11. The third-order valence-electron chi connectivity index (χ3n) is 5.47. The van der Waals surface area contributed by atoms with E-state index in [1.54, 1.807) is 38.4 Å². The van der Waals surface area contributed by atoms with Gasteiger partial charge >= 0.3 is 0 Å². The van der Waals surface area contributed by atoms with Crippen LogP contribution in [0.15, 0.2) is 58.3 Å². The van der Waals surface area contributed by atoms with Crippen LogP contribution in [-0.2, 0) is 11.8 Å². The van der Waals surface area contributed by atoms with Gasteiger partial charge in [-0.2, -0.15) is 0 Å². The molecule has 1 N–H and O–H groups in total. The lowest BCUT2D eigenvalue weighted by Gasteiger charge is -2.28. The minimum Gasteiger partial charge on any atom is -0.378 e. The smallest absolute Gasteiger partial charge is 0.263 e. The average molecular weight is 467 g/mol. The van der Waals surface area contributed by atoms with Gasteiger partial charge in [0.15, 0.2) is 0 Å². The van der Waals surface area contributed by atoms with Gasteiger partial charge in [-0.05, 0) is 25.1 Å². The van der Waals surface area contributed by atoms with Gasteiger partial charge in [-0.1, -0.05) is 6.07 Å². The summed E-state index contributed by atoms with van der Waals surface area (Å²) < 4.78 is 34.7. The van der Waals surface area contributed by atoms with E-state index in [1.165, 1.54) is 16.7 Å². The van der Waals surface area contributed by atoms with Crippen LogP contribution in [-0.4, -0.2) is 45.8 Å². The van der Waals surface area contributed by atoms with Crippen molar-refractivity contribution in [2.45, 2.75) is 6.92 Å². The number of aromatic amines is 1. The molecule has 3 aromatic heterocycles. The number of nitrogens with one attached hydrogen (secondary N) is 1. The molecular weight excluding hydrogens is 444 g/mol. The highest BCUT2D eigenvalue weighted by Gasteiger charge is 2.21. The fourth-order valence-corrected chi connectivity index (χ4v) is 3.59. The Balaban J connectivity index is 0.000000336. The van der Waals surface area contributed by atoms with Gasteiger partial charge in [0.05, 0.1) is 29.8 Å². The van der Waals surface area contributed by atoms with Crippen molar-refractivity contribution in [3.8, 4) is 11.3 Å². The summed E-state index contributed by atoms with van der Waals surface area (Å²) in [5.74, 6) is -0.334. The number of aromatic nitrogens is 4. The molecule has 34 heavy (non-hydrogen) atoms. The zero-order chi connectivity index (χ0) is 24.2. The van der Waals surface area contributed by atoms with Gasteiger partial charge in [-0.3, -0.25) is 14.2 Å². The van der Waals surface area contributed by atoms with Crippen molar-refractivity contribution in [2.24, 2.45) is 7.05 Å². The Morgan fingerprint density at radius 2 is 1.79 bits per heavy atom. The molecule has 1 aliphatic heterocycles. The molecule has 0 atom stereocenters. The number of H-pyrrole nitrogens is 1. The van der Waals surface area contributed by atoms with Crippen LogP contribution in [0.25, 0.3) is 22.2 Å². The van der Waals surface area contributed by atoms with Crippen LogP contribution >= 0.6 is 0 Å². The van der Waals surface area contributed by atoms with Crippen LogP contribution in [0.4, 0.5) is 14.6 Å². The Kier molecular flexibility index (Phi) is 6.78. The van der Waals surface area contributed by atoms with E-state index in [0.717, 1.165) is 12.1 Å². The van der Waals surface area contributed by atoms with Crippen molar-refractivity contribution in [1.82, 2.24) is 19.5 Å². The van der Waals surface area contributed by atoms with Crippen molar-refractivity contribution in [2.75, 3.05) is 31.2 Å². The van der Waals surface area contributed by atoms with E-state index in [9.17, 15) is 18.4 Å². The van der Waals surface area contributed by atoms with Crippen LogP contribution in [0.5, 0.6) is 0 Å². The fourth-order valence-electron chi connectivity index (χ4n) is 3.59. The van der Waals surface area contributed by atoms with Crippen LogP contribution < -0.4 is 16.0 Å². The maximum Gasteiger partial charge on any atom is 0.263 e. The minimum absolute atomic E-state index is 0.0532. The third kappa shape index (κ3) is 4.86. The van der Waals surface area contributed by atoms with Gasteiger partial charge in [0.25, 0.3) is 5.56 Å². The van der Waals surface area contributed by atoms with Crippen LogP contribution in [0.2, 0.25) is 0 Å². The number of aryl methyl sites for hydroxylation is 1. The molecule has 0 radical (unpaired) electrons. The summed E-state index contributed by atoms with van der Waals surface area (Å²) in [5, 5.41) is 0.214. The van der Waals surface area contributed by atoms with Gasteiger partial charge in [0.2, 0.25) is 5.56 Å². The van der Waals surface area contributed by atoms with Crippen molar-refractivity contribution in [3.63, 3.8) is 0 Å².